The monoisotopic (exact) mass is 448 g/mol. The smallest absolute Gasteiger partial charge is 0.303 e. The van der Waals surface area contributed by atoms with E-state index >= 15 is 0 Å². The molecule has 32 heavy (non-hydrogen) atoms. The van der Waals surface area contributed by atoms with Gasteiger partial charge in [-0.1, -0.05) is 27.7 Å². The molecule has 4 fully saturated rings. The molecule has 4 aliphatic carbocycles. The van der Waals surface area contributed by atoms with Crippen molar-refractivity contribution in [2.45, 2.75) is 104 Å². The summed E-state index contributed by atoms with van der Waals surface area (Å²) in [6, 6.07) is 0. The first kappa shape index (κ1) is 24.0. The van der Waals surface area contributed by atoms with Crippen LogP contribution in [0.2, 0.25) is 0 Å². The van der Waals surface area contributed by atoms with Gasteiger partial charge in [0.2, 0.25) is 0 Å². The fourth-order valence-electron chi connectivity index (χ4n) is 9.70. The van der Waals surface area contributed by atoms with E-state index in [0.29, 0.717) is 47.9 Å². The zero-order valence-corrected chi connectivity index (χ0v) is 20.5. The Balaban J connectivity index is 1.67. The number of hydrogen-bond acceptors (Lipinski definition) is 4. The maximum Gasteiger partial charge on any atom is 0.303 e. The molecular weight excluding hydrogens is 404 g/mol. The molecule has 4 saturated carbocycles. The predicted molar refractivity (Wildman–Crippen MR) is 123 cm³/mol. The molecule has 0 aromatic heterocycles. The number of fused-ring (bicyclic) bond motifs is 5. The first-order chi connectivity index (χ1) is 15.2. The van der Waals surface area contributed by atoms with E-state index in [9.17, 15) is 19.8 Å². The molecule has 4 rings (SSSR count). The maximum atomic E-state index is 11.7. The predicted octanol–water partition coefficient (Wildman–Crippen LogP) is 5.29. The minimum absolute atomic E-state index is 0.0522. The second-order valence-corrected chi connectivity index (χ2v) is 12.2. The van der Waals surface area contributed by atoms with Crippen LogP contribution in [0.15, 0.2) is 0 Å². The van der Waals surface area contributed by atoms with Gasteiger partial charge in [-0.15, -0.1) is 0 Å². The molecule has 5 nitrogen and oxygen atoms in total. The van der Waals surface area contributed by atoms with Crippen LogP contribution in [0.1, 0.15) is 91.9 Å². The normalized spacial score (nSPS) is 48.8. The van der Waals surface area contributed by atoms with Crippen LogP contribution in [0.25, 0.3) is 0 Å². The van der Waals surface area contributed by atoms with Gasteiger partial charge in [-0.05, 0) is 104 Å². The summed E-state index contributed by atoms with van der Waals surface area (Å²) in [5.41, 5.74) is 0.404. The first-order valence-electron chi connectivity index (χ1n) is 13.2. The van der Waals surface area contributed by atoms with Gasteiger partial charge in [0.15, 0.2) is 0 Å². The molecule has 0 saturated heterocycles. The van der Waals surface area contributed by atoms with Crippen molar-refractivity contribution in [3.8, 4) is 0 Å². The van der Waals surface area contributed by atoms with Crippen molar-refractivity contribution in [2.75, 3.05) is 0 Å². The highest BCUT2D eigenvalue weighted by Crippen LogP contribution is 2.69. The number of ether oxygens (including phenoxy) is 1. The Morgan fingerprint density at radius 3 is 2.44 bits per heavy atom. The third-order valence-corrected chi connectivity index (χ3v) is 11.1. The molecule has 0 radical (unpaired) electrons. The summed E-state index contributed by atoms with van der Waals surface area (Å²) < 4.78 is 5.97. The number of rotatable bonds is 7. The average Bonchev–Trinajstić information content (AvgIpc) is 3.10. The number of aliphatic carboxylic acids is 1. The van der Waals surface area contributed by atoms with Gasteiger partial charge in [-0.3, -0.25) is 9.59 Å². The van der Waals surface area contributed by atoms with Crippen molar-refractivity contribution in [3.05, 3.63) is 0 Å². The van der Waals surface area contributed by atoms with Crippen molar-refractivity contribution in [1.29, 1.82) is 0 Å². The summed E-state index contributed by atoms with van der Waals surface area (Å²) >= 11 is 0. The highest BCUT2D eigenvalue weighted by Gasteiger charge is 2.65. The number of aliphatic hydroxyl groups excluding tert-OH is 1. The second kappa shape index (κ2) is 8.92. The van der Waals surface area contributed by atoms with E-state index in [-0.39, 0.29) is 29.5 Å². The van der Waals surface area contributed by atoms with Crippen LogP contribution >= 0.6 is 0 Å². The Morgan fingerprint density at radius 2 is 1.78 bits per heavy atom. The Kier molecular flexibility index (Phi) is 6.70. The topological polar surface area (TPSA) is 83.8 Å². The average molecular weight is 449 g/mol. The quantitative estimate of drug-likeness (QED) is 0.517. The molecule has 0 spiro atoms. The molecule has 4 aliphatic rings. The van der Waals surface area contributed by atoms with E-state index < -0.39 is 5.97 Å². The van der Waals surface area contributed by atoms with Crippen LogP contribution in [0.5, 0.6) is 0 Å². The van der Waals surface area contributed by atoms with Gasteiger partial charge in [0.05, 0.1) is 6.10 Å². The zero-order valence-electron chi connectivity index (χ0n) is 20.5. The molecule has 0 amide bonds. The van der Waals surface area contributed by atoms with Gasteiger partial charge in [0.1, 0.15) is 6.10 Å². The van der Waals surface area contributed by atoms with Crippen LogP contribution in [-0.2, 0) is 14.3 Å². The van der Waals surface area contributed by atoms with Crippen molar-refractivity contribution < 1.29 is 24.5 Å². The number of carbonyl (C=O) groups is 2. The summed E-state index contributed by atoms with van der Waals surface area (Å²) in [5.74, 6) is 2.44. The number of aliphatic hydroxyl groups is 1. The molecule has 0 aromatic carbocycles. The highest BCUT2D eigenvalue weighted by molar-refractivity contribution is 5.66. The number of carboxylic acids is 1. The lowest BCUT2D eigenvalue weighted by atomic mass is 9.41. The zero-order chi connectivity index (χ0) is 23.3. The molecule has 2 N–H and O–H groups in total. The minimum atomic E-state index is -0.698. The Bertz CT molecular complexity index is 708. The summed E-state index contributed by atoms with van der Waals surface area (Å²) in [5, 5.41) is 19.7. The van der Waals surface area contributed by atoms with Gasteiger partial charge < -0.3 is 14.9 Å². The largest absolute Gasteiger partial charge is 0.481 e. The fraction of sp³-hybridized carbons (Fsp3) is 0.926. The molecule has 0 unspecified atom stereocenters. The highest BCUT2D eigenvalue weighted by atomic mass is 16.5. The van der Waals surface area contributed by atoms with Gasteiger partial charge in [-0.2, -0.15) is 0 Å². The van der Waals surface area contributed by atoms with E-state index in [1.807, 2.05) is 0 Å². The van der Waals surface area contributed by atoms with Gasteiger partial charge in [-0.25, -0.2) is 0 Å². The van der Waals surface area contributed by atoms with Crippen molar-refractivity contribution in [3.63, 3.8) is 0 Å². The molecule has 0 heterocycles. The summed E-state index contributed by atoms with van der Waals surface area (Å²) in [6.45, 7) is 10.1. The van der Waals surface area contributed by atoms with E-state index in [2.05, 4.69) is 27.7 Å². The Morgan fingerprint density at radius 1 is 1.09 bits per heavy atom. The number of carbonyl (C=O) groups excluding carboxylic acids is 1. The fourth-order valence-corrected chi connectivity index (χ4v) is 9.70. The molecule has 5 heteroatoms. The van der Waals surface area contributed by atoms with Crippen molar-refractivity contribution in [2.24, 2.45) is 52.3 Å². The lowest BCUT2D eigenvalue weighted by Crippen LogP contribution is -2.62. The molecule has 0 aliphatic heterocycles. The second-order valence-electron chi connectivity index (χ2n) is 12.2. The summed E-state index contributed by atoms with van der Waals surface area (Å²) in [6.07, 6.45) is 9.20. The lowest BCUT2D eigenvalue weighted by Gasteiger charge is -2.65. The number of carboxylic acid groups (broad SMARTS) is 1. The van der Waals surface area contributed by atoms with Gasteiger partial charge in [0.25, 0.3) is 6.47 Å². The third-order valence-electron chi connectivity index (χ3n) is 11.1. The third kappa shape index (κ3) is 3.71. The van der Waals surface area contributed by atoms with Crippen LogP contribution in [0.3, 0.4) is 0 Å². The van der Waals surface area contributed by atoms with Crippen molar-refractivity contribution in [1.82, 2.24) is 0 Å². The molecule has 182 valence electrons. The molecule has 0 aromatic rings. The van der Waals surface area contributed by atoms with Crippen LogP contribution in [0.4, 0.5) is 0 Å². The molecule has 0 bridgehead atoms. The lowest BCUT2D eigenvalue weighted by molar-refractivity contribution is -0.212. The first-order valence-corrected chi connectivity index (χ1v) is 13.2. The van der Waals surface area contributed by atoms with E-state index in [4.69, 9.17) is 4.74 Å². The number of hydrogen-bond donors (Lipinski definition) is 2. The van der Waals surface area contributed by atoms with E-state index in [0.717, 1.165) is 51.4 Å². The molecule has 11 atom stereocenters. The Hall–Kier alpha value is -1.10. The summed E-state index contributed by atoms with van der Waals surface area (Å²) in [7, 11) is 0. The summed E-state index contributed by atoms with van der Waals surface area (Å²) in [4.78, 5) is 22.9. The maximum absolute atomic E-state index is 11.7. The van der Waals surface area contributed by atoms with E-state index in [1.165, 1.54) is 6.42 Å². The van der Waals surface area contributed by atoms with E-state index in [1.54, 1.807) is 0 Å². The van der Waals surface area contributed by atoms with Crippen LogP contribution < -0.4 is 0 Å². The standard InChI is InChI=1S/C27H44O5/c1-5-18-22-14-17(29)10-12-27(22,4)21-11-13-26(3)19(16(2)6-9-23(30)31)7-8-20(26)24(21)25(18)32-15-28/h15-22,24-25,29H,5-14H2,1-4H3,(H,30,31)/t16-,17-,18-,19-,20+,21+,22+,24+,25+,26-,27-/m1/s1. The van der Waals surface area contributed by atoms with Gasteiger partial charge >= 0.3 is 5.97 Å². The minimum Gasteiger partial charge on any atom is -0.481 e. The SMILES string of the molecule is CC[C@H]1[C@H](OC=O)[C@@H]2[C@H](CC[C@]3(C)[C@@H]([C@H](C)CCC(=O)O)CC[C@@H]23)[C@@]2(C)CC[C@@H](O)C[C@@H]12. The Labute approximate surface area is 193 Å². The van der Waals surface area contributed by atoms with Crippen molar-refractivity contribution >= 4 is 12.4 Å². The van der Waals surface area contributed by atoms with Gasteiger partial charge in [0, 0.05) is 12.3 Å². The van der Waals surface area contributed by atoms with Crippen LogP contribution in [0, 0.1) is 52.3 Å². The molecular formula is C27H44O5. The van der Waals surface area contributed by atoms with Crippen LogP contribution in [-0.4, -0.2) is 34.9 Å².